The molecule has 1 nitrogen and oxygen atoms in total. The normalized spacial score (nSPS) is 42.6. The maximum atomic E-state index is 6.15. The molecule has 4 rings (SSSR count). The summed E-state index contributed by atoms with van der Waals surface area (Å²) >= 11 is 0. The average molecular weight is 411 g/mol. The monoisotopic (exact) mass is 410 g/mol. The molecule has 0 aromatic rings. The van der Waals surface area contributed by atoms with Crippen molar-refractivity contribution in [2.45, 2.75) is 92.1 Å². The van der Waals surface area contributed by atoms with Crippen molar-refractivity contribution in [3.05, 3.63) is 36.0 Å². The van der Waals surface area contributed by atoms with Gasteiger partial charge in [0.05, 0.1) is 6.10 Å². The third kappa shape index (κ3) is 3.58. The van der Waals surface area contributed by atoms with Crippen LogP contribution in [0.25, 0.3) is 0 Å². The number of rotatable bonds is 7. The van der Waals surface area contributed by atoms with E-state index in [1.807, 2.05) is 7.11 Å². The Bertz CT molecular complexity index is 714. The molecule has 0 aliphatic heterocycles. The molecule has 0 aromatic carbocycles. The molecule has 4 aliphatic rings. The van der Waals surface area contributed by atoms with Crippen molar-refractivity contribution in [3.63, 3.8) is 0 Å². The van der Waals surface area contributed by atoms with Crippen LogP contribution in [-0.4, -0.2) is 13.2 Å². The van der Waals surface area contributed by atoms with Gasteiger partial charge in [0.2, 0.25) is 0 Å². The lowest BCUT2D eigenvalue weighted by Crippen LogP contribution is -2.36. The van der Waals surface area contributed by atoms with E-state index in [1.54, 1.807) is 5.57 Å². The van der Waals surface area contributed by atoms with Gasteiger partial charge >= 0.3 is 0 Å². The Labute approximate surface area is 186 Å². The molecular weight excluding hydrogens is 364 g/mol. The molecule has 0 N–H and O–H groups in total. The number of ether oxygens (including phenoxy) is 1. The van der Waals surface area contributed by atoms with Crippen LogP contribution in [0.4, 0.5) is 0 Å². The molecule has 0 bridgehead atoms. The molecule has 0 amide bonds. The topological polar surface area (TPSA) is 9.23 Å². The molecule has 4 fully saturated rings. The first-order valence-electron chi connectivity index (χ1n) is 12.8. The predicted molar refractivity (Wildman–Crippen MR) is 128 cm³/mol. The smallest absolute Gasteiger partial charge is 0.0850 e. The number of methoxy groups -OCH3 is 1. The Hall–Kier alpha value is -0.820. The van der Waals surface area contributed by atoms with Crippen molar-refractivity contribution in [2.75, 3.05) is 7.11 Å². The quantitative estimate of drug-likeness (QED) is 0.386. The van der Waals surface area contributed by atoms with Crippen LogP contribution in [0.1, 0.15) is 86.0 Å². The van der Waals surface area contributed by atoms with Gasteiger partial charge in [-0.15, -0.1) is 0 Å². The summed E-state index contributed by atoms with van der Waals surface area (Å²) in [5, 5.41) is 0. The Morgan fingerprint density at radius 1 is 1.07 bits per heavy atom. The molecular formula is C29H46O. The van der Waals surface area contributed by atoms with Crippen molar-refractivity contribution in [1.82, 2.24) is 0 Å². The van der Waals surface area contributed by atoms with Gasteiger partial charge in [-0.3, -0.25) is 0 Å². The zero-order valence-corrected chi connectivity index (χ0v) is 20.5. The Balaban J connectivity index is 1.52. The standard InChI is InChI=1S/C29H46O/c1-19(2)20(3)10-11-21(4)25-14-15-26-23(9-8-16-28(25,26)6)17-27(30-7)29-18-24(29)13-12-22(29)5/h10-11,17,19-21,24-27H,5,8-9,12-16,18H2,1-4,6-7H3/b11-10+,23-17+/t20-,21+,24?,25?,26?,27?,28+,29?/m0/s1. The largest absolute Gasteiger partial charge is 0.376 e. The maximum Gasteiger partial charge on any atom is 0.0850 e. The summed E-state index contributed by atoms with van der Waals surface area (Å²) < 4.78 is 6.15. The summed E-state index contributed by atoms with van der Waals surface area (Å²) in [6, 6.07) is 0. The van der Waals surface area contributed by atoms with Gasteiger partial charge < -0.3 is 4.74 Å². The Kier molecular flexibility index (Phi) is 6.17. The second-order valence-corrected chi connectivity index (χ2v) is 11.9. The summed E-state index contributed by atoms with van der Waals surface area (Å²) in [5.74, 6) is 4.50. The first-order valence-corrected chi connectivity index (χ1v) is 12.8. The van der Waals surface area contributed by atoms with E-state index in [-0.39, 0.29) is 11.5 Å². The minimum absolute atomic E-state index is 0.262. The highest BCUT2D eigenvalue weighted by atomic mass is 16.5. The van der Waals surface area contributed by atoms with Crippen LogP contribution in [0.2, 0.25) is 0 Å². The van der Waals surface area contributed by atoms with Crippen LogP contribution in [-0.2, 0) is 4.74 Å². The molecule has 0 heterocycles. The van der Waals surface area contributed by atoms with E-state index in [0.29, 0.717) is 17.3 Å². The van der Waals surface area contributed by atoms with Gasteiger partial charge in [0.15, 0.2) is 0 Å². The lowest BCUT2D eigenvalue weighted by molar-refractivity contribution is 0.0826. The Morgan fingerprint density at radius 2 is 1.83 bits per heavy atom. The molecule has 0 aromatic heterocycles. The number of allylic oxidation sites excluding steroid dienone is 3. The highest BCUT2D eigenvalue weighted by molar-refractivity contribution is 5.35. The molecule has 1 heteroatoms. The first-order chi connectivity index (χ1) is 14.2. The van der Waals surface area contributed by atoms with Gasteiger partial charge in [0.25, 0.3) is 0 Å². The van der Waals surface area contributed by atoms with Gasteiger partial charge in [0, 0.05) is 12.5 Å². The summed E-state index contributed by atoms with van der Waals surface area (Å²) in [5.41, 5.74) is 3.94. The fourth-order valence-electron chi connectivity index (χ4n) is 7.74. The van der Waals surface area contributed by atoms with E-state index >= 15 is 0 Å². The fourth-order valence-corrected chi connectivity index (χ4v) is 7.74. The van der Waals surface area contributed by atoms with Crippen LogP contribution < -0.4 is 0 Å². The van der Waals surface area contributed by atoms with E-state index in [9.17, 15) is 0 Å². The molecule has 5 unspecified atom stereocenters. The highest BCUT2D eigenvalue weighted by Gasteiger charge is 2.63. The first kappa shape index (κ1) is 22.4. The third-order valence-corrected chi connectivity index (χ3v) is 10.2. The highest BCUT2D eigenvalue weighted by Crippen LogP contribution is 2.69. The van der Waals surface area contributed by atoms with E-state index in [0.717, 1.165) is 23.7 Å². The molecule has 0 radical (unpaired) electrons. The van der Waals surface area contributed by atoms with Crippen LogP contribution in [0.5, 0.6) is 0 Å². The molecule has 8 atom stereocenters. The van der Waals surface area contributed by atoms with Crippen molar-refractivity contribution in [1.29, 1.82) is 0 Å². The zero-order chi connectivity index (χ0) is 21.7. The molecule has 0 saturated heterocycles. The molecule has 4 saturated carbocycles. The van der Waals surface area contributed by atoms with Crippen molar-refractivity contribution in [3.8, 4) is 0 Å². The SMILES string of the molecule is C=C1CCC2CC12C(/C=C1\CCC[C@@]2(C)C1CCC2[C@H](C)/C=C/[C@H](C)C(C)C)OC. The Morgan fingerprint density at radius 3 is 2.43 bits per heavy atom. The maximum absolute atomic E-state index is 6.15. The van der Waals surface area contributed by atoms with Crippen molar-refractivity contribution in [2.24, 2.45) is 46.3 Å². The van der Waals surface area contributed by atoms with E-state index in [4.69, 9.17) is 4.74 Å². The van der Waals surface area contributed by atoms with E-state index in [2.05, 4.69) is 59.4 Å². The second kappa shape index (κ2) is 8.27. The minimum Gasteiger partial charge on any atom is -0.376 e. The summed E-state index contributed by atoms with van der Waals surface area (Å²) in [6.07, 6.45) is 18.6. The van der Waals surface area contributed by atoms with Crippen LogP contribution in [0.15, 0.2) is 36.0 Å². The van der Waals surface area contributed by atoms with Gasteiger partial charge in [0.1, 0.15) is 0 Å². The molecule has 4 aliphatic carbocycles. The van der Waals surface area contributed by atoms with E-state index in [1.165, 1.54) is 56.9 Å². The third-order valence-electron chi connectivity index (χ3n) is 10.2. The molecule has 168 valence electrons. The molecule has 0 spiro atoms. The van der Waals surface area contributed by atoms with E-state index < -0.39 is 0 Å². The van der Waals surface area contributed by atoms with Crippen molar-refractivity contribution < 1.29 is 4.74 Å². The van der Waals surface area contributed by atoms with Gasteiger partial charge in [-0.25, -0.2) is 0 Å². The van der Waals surface area contributed by atoms with Gasteiger partial charge in [-0.05, 0) is 92.3 Å². The second-order valence-electron chi connectivity index (χ2n) is 11.9. The number of hydrogen-bond acceptors (Lipinski definition) is 1. The van der Waals surface area contributed by atoms with Crippen LogP contribution in [0, 0.1) is 46.3 Å². The fraction of sp³-hybridized carbons (Fsp3) is 0.793. The van der Waals surface area contributed by atoms with Crippen LogP contribution in [0.3, 0.4) is 0 Å². The number of fused-ring (bicyclic) bond motifs is 2. The van der Waals surface area contributed by atoms with Gasteiger partial charge in [-0.2, -0.15) is 0 Å². The minimum atomic E-state index is 0.262. The summed E-state index contributed by atoms with van der Waals surface area (Å²) in [7, 11) is 1.93. The number of hydrogen-bond donors (Lipinski definition) is 0. The summed E-state index contributed by atoms with van der Waals surface area (Å²) in [4.78, 5) is 0. The van der Waals surface area contributed by atoms with Gasteiger partial charge in [-0.1, -0.05) is 70.6 Å². The van der Waals surface area contributed by atoms with Crippen LogP contribution >= 0.6 is 0 Å². The lowest BCUT2D eigenvalue weighted by Gasteiger charge is -2.44. The molecule has 30 heavy (non-hydrogen) atoms. The lowest BCUT2D eigenvalue weighted by atomic mass is 9.61. The summed E-state index contributed by atoms with van der Waals surface area (Å²) in [6.45, 7) is 16.6. The van der Waals surface area contributed by atoms with Crippen molar-refractivity contribution >= 4 is 0 Å². The predicted octanol–water partition coefficient (Wildman–Crippen LogP) is 7.98. The average Bonchev–Trinajstić information content (AvgIpc) is 3.21. The zero-order valence-electron chi connectivity index (χ0n) is 20.5.